The molecule has 2 unspecified atom stereocenters. The number of ether oxygens (including phenoxy) is 2. The summed E-state index contributed by atoms with van der Waals surface area (Å²) in [6.07, 6.45) is 1.46. The van der Waals surface area contributed by atoms with Crippen molar-refractivity contribution in [2.45, 2.75) is 23.0 Å². The molecule has 10 nitrogen and oxygen atoms in total. The first kappa shape index (κ1) is 15.6. The molecule has 3 amide bonds. The minimum Gasteiger partial charge on any atom is -0.479 e. The maximum absolute atomic E-state index is 12.2. The zero-order valence-electron chi connectivity index (χ0n) is 12.3. The number of rotatable bonds is 2. The Balaban J connectivity index is 1.81. The number of hydrogen-bond acceptors (Lipinski definition) is 8. The molecule has 1 aromatic rings. The maximum atomic E-state index is 12.2. The third-order valence-electron chi connectivity index (χ3n) is 3.53. The molecule has 0 aromatic carbocycles. The minimum atomic E-state index is -0.961. The summed E-state index contributed by atoms with van der Waals surface area (Å²) in [5.41, 5.74) is 10.5. The molecule has 0 spiro atoms. The number of nitrogens with zero attached hydrogens (tertiary/aromatic N) is 4. The van der Waals surface area contributed by atoms with Gasteiger partial charge in [-0.3, -0.25) is 0 Å². The molecule has 3 heterocycles. The third-order valence-corrected chi connectivity index (χ3v) is 4.57. The van der Waals surface area contributed by atoms with Crippen molar-refractivity contribution in [1.82, 2.24) is 14.9 Å². The van der Waals surface area contributed by atoms with Crippen molar-refractivity contribution in [3.63, 3.8) is 0 Å². The summed E-state index contributed by atoms with van der Waals surface area (Å²) < 4.78 is 10.5. The highest BCUT2D eigenvalue weighted by atomic mass is 32.2. The van der Waals surface area contributed by atoms with Crippen LogP contribution in [0.4, 0.5) is 15.3 Å². The van der Waals surface area contributed by atoms with E-state index >= 15 is 0 Å². The second-order valence-electron chi connectivity index (χ2n) is 5.05. The summed E-state index contributed by atoms with van der Waals surface area (Å²) in [5, 5.41) is 0.451. The second-order valence-corrected chi connectivity index (χ2v) is 6.07. The summed E-state index contributed by atoms with van der Waals surface area (Å²) in [7, 11) is 1.41. The number of carbonyl (C=O) groups excluding carboxylic acids is 2. The van der Waals surface area contributed by atoms with Crippen LogP contribution < -0.4 is 21.1 Å². The standard InChI is InChI=1S/C12H16N6O4S/c1-21-8-7-9(16-5-15-8)23-12(18(7)10(14)19)22-11(20)17-3-2-6(13)4-17/h5-6,12H,2-4,13H2,1H3,(H2,14,19). The number of fused-ring (bicyclic) bond motifs is 1. The number of anilines is 1. The summed E-state index contributed by atoms with van der Waals surface area (Å²) >= 11 is 1.08. The Bertz CT molecular complexity index is 644. The van der Waals surface area contributed by atoms with Crippen LogP contribution in [0.3, 0.4) is 0 Å². The first-order valence-corrected chi connectivity index (χ1v) is 7.74. The van der Waals surface area contributed by atoms with Crippen LogP contribution in [0.2, 0.25) is 0 Å². The van der Waals surface area contributed by atoms with Crippen molar-refractivity contribution in [2.75, 3.05) is 25.1 Å². The molecule has 4 N–H and O–H groups in total. The number of aromatic nitrogens is 2. The number of carbonyl (C=O) groups is 2. The number of thioether (sulfide) groups is 1. The SMILES string of the molecule is COc1ncnc2c1N(C(N)=O)C(OC(=O)N1CCC(N)C1)S2. The monoisotopic (exact) mass is 340 g/mol. The Morgan fingerprint density at radius 3 is 2.83 bits per heavy atom. The van der Waals surface area contributed by atoms with E-state index in [1.807, 2.05) is 0 Å². The number of hydrogen-bond donors (Lipinski definition) is 2. The number of urea groups is 1. The fourth-order valence-corrected chi connectivity index (χ4v) is 3.49. The topological polar surface area (TPSA) is 137 Å². The fraction of sp³-hybridized carbons (Fsp3) is 0.500. The average molecular weight is 340 g/mol. The first-order chi connectivity index (χ1) is 11.0. The molecule has 11 heteroatoms. The van der Waals surface area contributed by atoms with Crippen LogP contribution in [-0.4, -0.2) is 58.8 Å². The lowest BCUT2D eigenvalue weighted by atomic mass is 10.3. The largest absolute Gasteiger partial charge is 0.479 e. The van der Waals surface area contributed by atoms with E-state index in [1.54, 1.807) is 0 Å². The van der Waals surface area contributed by atoms with Gasteiger partial charge in [0.1, 0.15) is 17.0 Å². The van der Waals surface area contributed by atoms with Gasteiger partial charge < -0.3 is 25.8 Å². The van der Waals surface area contributed by atoms with E-state index in [2.05, 4.69) is 9.97 Å². The lowest BCUT2D eigenvalue weighted by molar-refractivity contribution is 0.102. The van der Waals surface area contributed by atoms with E-state index in [0.717, 1.165) is 16.7 Å². The van der Waals surface area contributed by atoms with Gasteiger partial charge >= 0.3 is 12.1 Å². The van der Waals surface area contributed by atoms with Gasteiger partial charge in [-0.1, -0.05) is 0 Å². The molecular formula is C12H16N6O4S. The molecule has 0 bridgehead atoms. The molecule has 1 saturated heterocycles. The van der Waals surface area contributed by atoms with Crippen LogP contribution in [-0.2, 0) is 4.74 Å². The zero-order valence-corrected chi connectivity index (χ0v) is 13.2. The van der Waals surface area contributed by atoms with E-state index in [-0.39, 0.29) is 11.9 Å². The van der Waals surface area contributed by atoms with Crippen molar-refractivity contribution >= 4 is 29.6 Å². The highest BCUT2D eigenvalue weighted by Gasteiger charge is 2.41. The van der Waals surface area contributed by atoms with Gasteiger partial charge in [-0.05, 0) is 18.2 Å². The van der Waals surface area contributed by atoms with E-state index in [1.165, 1.54) is 18.3 Å². The quantitative estimate of drug-likeness (QED) is 0.714. The summed E-state index contributed by atoms with van der Waals surface area (Å²) in [6.45, 7) is 0.937. The first-order valence-electron chi connectivity index (χ1n) is 6.86. The smallest absolute Gasteiger partial charge is 0.412 e. The molecule has 124 valence electrons. The van der Waals surface area contributed by atoms with E-state index in [4.69, 9.17) is 20.9 Å². The van der Waals surface area contributed by atoms with E-state index < -0.39 is 17.7 Å². The third kappa shape index (κ3) is 2.84. The number of likely N-dealkylation sites (tertiary alicyclic amines) is 1. The average Bonchev–Trinajstić information content (AvgIpc) is 3.09. The van der Waals surface area contributed by atoms with Gasteiger partial charge in [-0.25, -0.2) is 19.5 Å². The zero-order chi connectivity index (χ0) is 16.6. The molecule has 2 aliphatic rings. The Labute approximate surface area is 136 Å². The second kappa shape index (κ2) is 6.08. The van der Waals surface area contributed by atoms with Gasteiger partial charge in [0, 0.05) is 19.1 Å². The normalized spacial score (nSPS) is 22.9. The number of primary amides is 1. The van der Waals surface area contributed by atoms with Crippen LogP contribution >= 0.6 is 11.8 Å². The van der Waals surface area contributed by atoms with Gasteiger partial charge in [-0.15, -0.1) is 0 Å². The Morgan fingerprint density at radius 2 is 2.22 bits per heavy atom. The van der Waals surface area contributed by atoms with Crippen molar-refractivity contribution in [2.24, 2.45) is 11.5 Å². The molecule has 3 rings (SSSR count). The molecule has 0 aliphatic carbocycles. The number of amides is 3. The molecule has 0 saturated carbocycles. The fourth-order valence-electron chi connectivity index (χ4n) is 2.45. The molecule has 1 aromatic heterocycles. The van der Waals surface area contributed by atoms with Crippen LogP contribution in [0.5, 0.6) is 5.88 Å². The van der Waals surface area contributed by atoms with Crippen LogP contribution in [0.15, 0.2) is 11.4 Å². The van der Waals surface area contributed by atoms with Crippen molar-refractivity contribution in [3.05, 3.63) is 6.33 Å². The molecule has 2 aliphatic heterocycles. The molecule has 1 fully saturated rings. The van der Waals surface area contributed by atoms with Gasteiger partial charge in [0.15, 0.2) is 0 Å². The predicted octanol–water partition coefficient (Wildman–Crippen LogP) is -0.0708. The Morgan fingerprint density at radius 1 is 1.43 bits per heavy atom. The maximum Gasteiger partial charge on any atom is 0.412 e. The number of methoxy groups -OCH3 is 1. The predicted molar refractivity (Wildman–Crippen MR) is 80.9 cm³/mol. The summed E-state index contributed by atoms with van der Waals surface area (Å²) in [4.78, 5) is 34.6. The van der Waals surface area contributed by atoms with Gasteiger partial charge in [0.05, 0.1) is 7.11 Å². The van der Waals surface area contributed by atoms with Crippen molar-refractivity contribution < 1.29 is 19.1 Å². The highest BCUT2D eigenvalue weighted by Crippen LogP contribution is 2.46. The van der Waals surface area contributed by atoms with Crippen molar-refractivity contribution in [1.29, 1.82) is 0 Å². The molecule has 2 atom stereocenters. The molecule has 0 radical (unpaired) electrons. The highest BCUT2D eigenvalue weighted by molar-refractivity contribution is 8.00. The summed E-state index contributed by atoms with van der Waals surface area (Å²) in [6, 6.07) is -0.852. The lowest BCUT2D eigenvalue weighted by Gasteiger charge is -2.24. The van der Waals surface area contributed by atoms with E-state index in [9.17, 15) is 9.59 Å². The van der Waals surface area contributed by atoms with Crippen LogP contribution in [0, 0.1) is 0 Å². The molecule has 23 heavy (non-hydrogen) atoms. The Kier molecular flexibility index (Phi) is 4.13. The lowest BCUT2D eigenvalue weighted by Crippen LogP contribution is -2.44. The van der Waals surface area contributed by atoms with Crippen LogP contribution in [0.1, 0.15) is 6.42 Å². The molecular weight excluding hydrogens is 324 g/mol. The van der Waals surface area contributed by atoms with Crippen molar-refractivity contribution in [3.8, 4) is 5.88 Å². The summed E-state index contributed by atoms with van der Waals surface area (Å²) in [5.74, 6) is 0.183. The van der Waals surface area contributed by atoms with Gasteiger partial charge in [0.25, 0.3) is 0 Å². The van der Waals surface area contributed by atoms with Gasteiger partial charge in [-0.2, -0.15) is 4.98 Å². The van der Waals surface area contributed by atoms with Gasteiger partial charge in [0.2, 0.25) is 11.4 Å². The van der Waals surface area contributed by atoms with Crippen LogP contribution in [0.25, 0.3) is 0 Å². The van der Waals surface area contributed by atoms with E-state index in [0.29, 0.717) is 30.2 Å². The Hall–Kier alpha value is -2.27. The minimum absolute atomic E-state index is 0.0609. The number of nitrogens with two attached hydrogens (primary N) is 2.